The van der Waals surface area contributed by atoms with Crippen LogP contribution in [0.15, 0.2) is 55.2 Å². The van der Waals surface area contributed by atoms with Crippen molar-refractivity contribution in [2.45, 2.75) is 19.3 Å². The normalized spacial score (nSPS) is 15.1. The van der Waals surface area contributed by atoms with Crippen molar-refractivity contribution in [3.05, 3.63) is 71.4 Å². The zero-order chi connectivity index (χ0) is 18.6. The number of carbonyl (C=O) groups is 1. The summed E-state index contributed by atoms with van der Waals surface area (Å²) in [5.74, 6) is 1.12. The summed E-state index contributed by atoms with van der Waals surface area (Å²) in [4.78, 5) is 19.0. The van der Waals surface area contributed by atoms with E-state index >= 15 is 0 Å². The number of nitrogens with zero attached hydrogens (tertiary/aromatic N) is 5. The molecular weight excluding hydrogens is 362 g/mol. The second-order valence-corrected chi connectivity index (χ2v) is 7.23. The lowest BCUT2D eigenvalue weighted by Crippen LogP contribution is -2.39. The van der Waals surface area contributed by atoms with Gasteiger partial charge < -0.3 is 4.90 Å². The third kappa shape index (κ3) is 4.01. The molecule has 7 heteroatoms. The van der Waals surface area contributed by atoms with Crippen molar-refractivity contribution in [2.24, 2.45) is 5.92 Å². The van der Waals surface area contributed by atoms with Crippen molar-refractivity contribution in [2.75, 3.05) is 13.1 Å². The molecule has 1 amide bonds. The summed E-state index contributed by atoms with van der Waals surface area (Å²) in [5.41, 5.74) is 1.88. The molecule has 1 saturated heterocycles. The molecule has 3 aromatic rings. The molecule has 4 rings (SSSR count). The van der Waals surface area contributed by atoms with E-state index in [-0.39, 0.29) is 5.91 Å². The van der Waals surface area contributed by atoms with Crippen LogP contribution in [0.5, 0.6) is 0 Å². The molecule has 3 heterocycles. The summed E-state index contributed by atoms with van der Waals surface area (Å²) >= 11 is 6.31. The summed E-state index contributed by atoms with van der Waals surface area (Å²) in [6, 6.07) is 12.2. The van der Waals surface area contributed by atoms with Crippen LogP contribution < -0.4 is 0 Å². The van der Waals surface area contributed by atoms with Gasteiger partial charge in [0.2, 0.25) is 0 Å². The number of hydrogen-bond donors (Lipinski definition) is 0. The molecule has 6 nitrogen and oxygen atoms in total. The highest BCUT2D eigenvalue weighted by Gasteiger charge is 2.24. The van der Waals surface area contributed by atoms with E-state index in [0.29, 0.717) is 22.3 Å². The Morgan fingerprint density at radius 2 is 1.81 bits per heavy atom. The average Bonchev–Trinajstić information content (AvgIpc) is 3.23. The fourth-order valence-electron chi connectivity index (χ4n) is 3.52. The first-order valence-electron chi connectivity index (χ1n) is 9.04. The van der Waals surface area contributed by atoms with Gasteiger partial charge in [-0.2, -0.15) is 0 Å². The summed E-state index contributed by atoms with van der Waals surface area (Å²) < 4.78 is 1.62. The molecule has 138 valence electrons. The predicted molar refractivity (Wildman–Crippen MR) is 103 cm³/mol. The minimum atomic E-state index is -0.0159. The van der Waals surface area contributed by atoms with Crippen LogP contribution in [0, 0.1) is 5.92 Å². The van der Waals surface area contributed by atoms with E-state index in [9.17, 15) is 4.79 Å². The van der Waals surface area contributed by atoms with E-state index in [1.807, 2.05) is 11.0 Å². The number of rotatable bonds is 4. The van der Waals surface area contributed by atoms with E-state index in [1.54, 1.807) is 16.8 Å². The number of hydrogen-bond acceptors (Lipinski definition) is 4. The number of benzene rings is 1. The summed E-state index contributed by atoms with van der Waals surface area (Å²) in [5, 5.41) is 7.90. The van der Waals surface area contributed by atoms with Gasteiger partial charge in [0.15, 0.2) is 5.82 Å². The molecular formula is C20H20ClN5O. The molecule has 0 radical (unpaired) electrons. The van der Waals surface area contributed by atoms with Crippen LogP contribution in [0.3, 0.4) is 0 Å². The van der Waals surface area contributed by atoms with E-state index in [4.69, 9.17) is 11.6 Å². The molecule has 0 atom stereocenters. The van der Waals surface area contributed by atoms with Gasteiger partial charge in [0, 0.05) is 19.3 Å². The van der Waals surface area contributed by atoms with Crippen molar-refractivity contribution < 1.29 is 4.79 Å². The Hall–Kier alpha value is -2.73. The molecule has 0 saturated carbocycles. The first-order valence-corrected chi connectivity index (χ1v) is 9.42. The number of halogens is 1. The number of aromatic nitrogens is 4. The quantitative estimate of drug-likeness (QED) is 0.694. The van der Waals surface area contributed by atoms with Crippen molar-refractivity contribution in [3.8, 4) is 5.82 Å². The van der Waals surface area contributed by atoms with Crippen molar-refractivity contribution in [1.82, 2.24) is 24.6 Å². The van der Waals surface area contributed by atoms with Gasteiger partial charge in [-0.05, 0) is 36.8 Å². The van der Waals surface area contributed by atoms with Gasteiger partial charge in [-0.25, -0.2) is 4.98 Å². The zero-order valence-corrected chi connectivity index (χ0v) is 15.6. The van der Waals surface area contributed by atoms with Crippen LogP contribution in [0.4, 0.5) is 0 Å². The molecule has 27 heavy (non-hydrogen) atoms. The highest BCUT2D eigenvalue weighted by Crippen LogP contribution is 2.24. The zero-order valence-electron chi connectivity index (χ0n) is 14.8. The first-order chi connectivity index (χ1) is 13.2. The predicted octanol–water partition coefficient (Wildman–Crippen LogP) is 3.41. The molecule has 0 unspecified atom stereocenters. The summed E-state index contributed by atoms with van der Waals surface area (Å²) in [6.07, 6.45) is 7.71. The average molecular weight is 382 g/mol. The smallest absolute Gasteiger partial charge is 0.255 e. The number of piperidine rings is 1. The molecule has 2 aromatic heterocycles. The minimum absolute atomic E-state index is 0.0159. The molecule has 1 aromatic carbocycles. The topological polar surface area (TPSA) is 63.9 Å². The number of likely N-dealkylation sites (tertiary alicyclic amines) is 1. The number of carbonyl (C=O) groups excluding carboxylic acids is 1. The van der Waals surface area contributed by atoms with Crippen molar-refractivity contribution in [3.63, 3.8) is 0 Å². The van der Waals surface area contributed by atoms with E-state index in [2.05, 4.69) is 39.4 Å². The van der Waals surface area contributed by atoms with Crippen LogP contribution in [-0.2, 0) is 6.42 Å². The van der Waals surface area contributed by atoms with E-state index in [1.165, 1.54) is 18.2 Å². The highest BCUT2D eigenvalue weighted by atomic mass is 35.5. The maximum Gasteiger partial charge on any atom is 0.255 e. The van der Waals surface area contributed by atoms with Crippen LogP contribution in [0.2, 0.25) is 5.02 Å². The largest absolute Gasteiger partial charge is 0.339 e. The second kappa shape index (κ2) is 7.88. The molecule has 1 aliphatic heterocycles. The molecule has 0 bridgehead atoms. The Morgan fingerprint density at radius 1 is 1.11 bits per heavy atom. The maximum atomic E-state index is 12.8. The second-order valence-electron chi connectivity index (χ2n) is 6.82. The minimum Gasteiger partial charge on any atom is -0.339 e. The highest BCUT2D eigenvalue weighted by molar-refractivity contribution is 6.32. The van der Waals surface area contributed by atoms with Gasteiger partial charge in [-0.15, -0.1) is 10.2 Å². The molecule has 0 N–H and O–H groups in total. The lowest BCUT2D eigenvalue weighted by molar-refractivity contribution is 0.0690. The SMILES string of the molecule is O=C(c1cnc(-n2cnnc2)c(Cl)c1)N1CCC(Cc2ccccc2)CC1. The number of pyridine rings is 1. The van der Waals surface area contributed by atoms with Crippen LogP contribution >= 0.6 is 11.6 Å². The van der Waals surface area contributed by atoms with Gasteiger partial charge in [0.1, 0.15) is 12.7 Å². The Morgan fingerprint density at radius 3 is 2.48 bits per heavy atom. The third-order valence-electron chi connectivity index (χ3n) is 5.00. The summed E-state index contributed by atoms with van der Waals surface area (Å²) in [6.45, 7) is 1.53. The van der Waals surface area contributed by atoms with E-state index < -0.39 is 0 Å². The Labute approximate surface area is 162 Å². The van der Waals surface area contributed by atoms with E-state index in [0.717, 1.165) is 32.4 Å². The number of amides is 1. The van der Waals surface area contributed by atoms with Crippen LogP contribution in [0.1, 0.15) is 28.8 Å². The third-order valence-corrected chi connectivity index (χ3v) is 5.28. The van der Waals surface area contributed by atoms with Crippen LogP contribution in [0.25, 0.3) is 5.82 Å². The Kier molecular flexibility index (Phi) is 5.16. The van der Waals surface area contributed by atoms with Gasteiger partial charge in [-0.3, -0.25) is 9.36 Å². The van der Waals surface area contributed by atoms with Crippen LogP contribution in [-0.4, -0.2) is 43.6 Å². The van der Waals surface area contributed by atoms with Crippen molar-refractivity contribution in [1.29, 1.82) is 0 Å². The molecule has 1 aliphatic rings. The first kappa shape index (κ1) is 17.7. The standard InChI is InChI=1S/C20H20ClN5O/c21-18-11-17(12-22-19(18)26-13-23-24-14-26)20(27)25-8-6-16(7-9-25)10-15-4-2-1-3-5-15/h1-5,11-14,16H,6-10H2. The van der Waals surface area contributed by atoms with Gasteiger partial charge in [-0.1, -0.05) is 41.9 Å². The van der Waals surface area contributed by atoms with Gasteiger partial charge >= 0.3 is 0 Å². The monoisotopic (exact) mass is 381 g/mol. The Balaban J connectivity index is 1.38. The fourth-order valence-corrected chi connectivity index (χ4v) is 3.78. The molecule has 1 fully saturated rings. The fraction of sp³-hybridized carbons (Fsp3) is 0.300. The lowest BCUT2D eigenvalue weighted by atomic mass is 9.90. The van der Waals surface area contributed by atoms with Gasteiger partial charge in [0.05, 0.1) is 10.6 Å². The lowest BCUT2D eigenvalue weighted by Gasteiger charge is -2.32. The molecule has 0 spiro atoms. The maximum absolute atomic E-state index is 12.8. The summed E-state index contributed by atoms with van der Waals surface area (Å²) in [7, 11) is 0. The van der Waals surface area contributed by atoms with Gasteiger partial charge in [0.25, 0.3) is 5.91 Å². The Bertz CT molecular complexity index is 905. The van der Waals surface area contributed by atoms with Crippen molar-refractivity contribution >= 4 is 17.5 Å². The molecule has 0 aliphatic carbocycles.